The van der Waals surface area contributed by atoms with Gasteiger partial charge in [0.05, 0.1) is 13.6 Å². The fraction of sp³-hybridized carbons (Fsp3) is 0.455. The highest BCUT2D eigenvalue weighted by molar-refractivity contribution is 6.93. The van der Waals surface area contributed by atoms with E-state index in [9.17, 15) is 4.32 Å². The fourth-order valence-electron chi connectivity index (χ4n) is 1.06. The second-order valence-corrected chi connectivity index (χ2v) is 3.82. The number of nitrogens with zero attached hydrogens (tertiary/aromatic N) is 5. The van der Waals surface area contributed by atoms with Crippen molar-refractivity contribution in [2.24, 2.45) is 7.05 Å². The minimum absolute atomic E-state index is 0.951. The zero-order chi connectivity index (χ0) is 14.0. The molecule has 0 bridgehead atoms. The van der Waals surface area contributed by atoms with Crippen molar-refractivity contribution in [3.05, 3.63) is 18.7 Å². The van der Waals surface area contributed by atoms with Crippen LogP contribution in [0, 0.1) is 33.7 Å². The number of hydrogen-bond acceptors (Lipinski definition) is 3. The molecule has 0 unspecified atom stereocenters. The summed E-state index contributed by atoms with van der Waals surface area (Å²) in [5.41, 5.74) is 0. The monoisotopic (exact) mass is 247 g/mol. The van der Waals surface area contributed by atoms with Gasteiger partial charge in [-0.05, 0) is 6.42 Å². The predicted molar refractivity (Wildman–Crippen MR) is 64.2 cm³/mol. The van der Waals surface area contributed by atoms with Gasteiger partial charge in [-0.3, -0.25) is 0 Å². The molecule has 1 heterocycles. The molecule has 0 aromatic carbocycles. The van der Waals surface area contributed by atoms with E-state index in [4.69, 9.17) is 15.8 Å². The van der Waals surface area contributed by atoms with E-state index < -0.39 is 6.42 Å². The molecule has 0 aliphatic carbocycles. The molecule has 94 valence electrons. The summed E-state index contributed by atoms with van der Waals surface area (Å²) in [6.45, 7) is 3.36. The average molecular weight is 247 g/mol. The first-order valence-electron chi connectivity index (χ1n) is 5.59. The lowest BCUT2D eigenvalue weighted by atomic mass is 9.48. The molecule has 5 nitrogen and oxygen atoms in total. The minimum atomic E-state index is -3.54. The maximum Gasteiger partial charge on any atom is 0.436 e. The molecule has 18 heavy (non-hydrogen) atoms. The molecule has 1 aromatic rings. The van der Waals surface area contributed by atoms with Crippen molar-refractivity contribution in [3.63, 3.8) is 0 Å². The van der Waals surface area contributed by atoms with E-state index in [2.05, 4.69) is 34.8 Å². The van der Waals surface area contributed by atoms with Crippen LogP contribution in [0.4, 0.5) is 4.32 Å². The van der Waals surface area contributed by atoms with Gasteiger partial charge in [0.1, 0.15) is 12.4 Å². The molecule has 0 amide bonds. The van der Waals surface area contributed by atoms with Gasteiger partial charge < -0.3 is 4.32 Å². The number of halogens is 1. The van der Waals surface area contributed by atoms with Crippen LogP contribution in [-0.2, 0) is 13.6 Å². The summed E-state index contributed by atoms with van der Waals surface area (Å²) in [6, 6.07) is 0. The number of aromatic nitrogens is 2. The van der Waals surface area contributed by atoms with Crippen LogP contribution in [0.5, 0.6) is 0 Å². The highest BCUT2D eigenvalue weighted by atomic mass is 19.1. The lowest BCUT2D eigenvalue weighted by Gasteiger charge is -1.98. The maximum atomic E-state index is 12.0. The third-order valence-electron chi connectivity index (χ3n) is 2.13. The molecular weight excluding hydrogens is 232 g/mol. The van der Waals surface area contributed by atoms with Gasteiger partial charge in [-0.1, -0.05) is 31.3 Å². The second kappa shape index (κ2) is 7.87. The largest absolute Gasteiger partial charge is 0.468 e. The lowest BCUT2D eigenvalue weighted by molar-refractivity contribution is -0.671. The SMILES string of the molecule is CCCCn1cc[n+](C)c1.N#C[B-](F)(C#N)C#N. The number of aryl methyl sites for hydroxylation is 2. The molecule has 1 rings (SSSR count). The van der Waals surface area contributed by atoms with Crippen LogP contribution >= 0.6 is 0 Å². The van der Waals surface area contributed by atoms with Crippen LogP contribution in [-0.4, -0.2) is 11.0 Å². The Labute approximate surface area is 106 Å². The molecule has 0 fully saturated rings. The first-order chi connectivity index (χ1) is 8.51. The third-order valence-corrected chi connectivity index (χ3v) is 2.13. The highest BCUT2D eigenvalue weighted by Gasteiger charge is 2.21. The Morgan fingerprint density at radius 1 is 1.28 bits per heavy atom. The molecule has 1 aromatic heterocycles. The van der Waals surface area contributed by atoms with Crippen molar-refractivity contribution in [1.29, 1.82) is 15.8 Å². The molecular formula is C11H15BFN5. The van der Waals surface area contributed by atoms with Crippen molar-refractivity contribution >= 4 is 6.42 Å². The van der Waals surface area contributed by atoms with Crippen molar-refractivity contribution in [3.8, 4) is 17.9 Å². The van der Waals surface area contributed by atoms with Gasteiger partial charge in [-0.15, -0.1) is 0 Å². The number of hydrogen-bond donors (Lipinski definition) is 0. The van der Waals surface area contributed by atoms with Crippen molar-refractivity contribution < 1.29 is 8.88 Å². The molecule has 0 radical (unpaired) electrons. The zero-order valence-electron chi connectivity index (χ0n) is 10.5. The molecule has 7 heteroatoms. The standard InChI is InChI=1S/C8H15N2.C3BFN3/c1-3-4-5-10-7-6-9(2)8-10;5-4(1-6,2-7)3-8/h6-8H,3-5H2,1-2H3;/q+1;-1. The second-order valence-electron chi connectivity index (χ2n) is 3.82. The first-order valence-corrected chi connectivity index (χ1v) is 5.59. The molecule has 0 aliphatic rings. The zero-order valence-corrected chi connectivity index (χ0v) is 10.5. The summed E-state index contributed by atoms with van der Waals surface area (Å²) in [4.78, 5) is 0. The minimum Gasteiger partial charge on any atom is -0.468 e. The molecule has 0 atom stereocenters. The van der Waals surface area contributed by atoms with Gasteiger partial charge in [0.2, 0.25) is 6.33 Å². The summed E-state index contributed by atoms with van der Waals surface area (Å²) in [7, 11) is 2.04. The van der Waals surface area contributed by atoms with Gasteiger partial charge >= 0.3 is 6.42 Å². The summed E-state index contributed by atoms with van der Waals surface area (Å²) in [6.07, 6.45) is 5.28. The number of nitriles is 3. The summed E-state index contributed by atoms with van der Waals surface area (Å²) < 4.78 is 16.2. The van der Waals surface area contributed by atoms with Crippen LogP contribution in [0.3, 0.4) is 0 Å². The lowest BCUT2D eigenvalue weighted by Crippen LogP contribution is -2.23. The summed E-state index contributed by atoms with van der Waals surface area (Å²) >= 11 is 0. The quantitative estimate of drug-likeness (QED) is 0.594. The fourth-order valence-corrected chi connectivity index (χ4v) is 1.06. The van der Waals surface area contributed by atoms with Crippen LogP contribution in [0.2, 0.25) is 0 Å². The Balaban J connectivity index is 0.000000331. The Hall–Kier alpha value is -2.33. The Bertz CT molecular complexity index is 455. The first kappa shape index (κ1) is 15.7. The Kier molecular flexibility index (Phi) is 6.85. The Morgan fingerprint density at radius 3 is 2.11 bits per heavy atom. The van der Waals surface area contributed by atoms with Gasteiger partial charge in [-0.25, -0.2) is 24.9 Å². The normalized spacial score (nSPS) is 9.33. The smallest absolute Gasteiger partial charge is 0.436 e. The van der Waals surface area contributed by atoms with E-state index in [0.717, 1.165) is 24.5 Å². The van der Waals surface area contributed by atoms with Crippen LogP contribution in [0.25, 0.3) is 0 Å². The molecule has 0 aliphatic heterocycles. The van der Waals surface area contributed by atoms with Crippen molar-refractivity contribution in [2.75, 3.05) is 0 Å². The Morgan fingerprint density at radius 2 is 1.83 bits per heavy atom. The van der Waals surface area contributed by atoms with Crippen LogP contribution in [0.1, 0.15) is 19.8 Å². The molecule has 0 saturated heterocycles. The van der Waals surface area contributed by atoms with E-state index in [-0.39, 0.29) is 0 Å². The van der Waals surface area contributed by atoms with Gasteiger partial charge in [0, 0.05) is 0 Å². The van der Waals surface area contributed by atoms with E-state index in [1.165, 1.54) is 12.8 Å². The van der Waals surface area contributed by atoms with E-state index in [0.29, 0.717) is 0 Å². The average Bonchev–Trinajstić information content (AvgIpc) is 2.82. The van der Waals surface area contributed by atoms with Crippen LogP contribution in [0.15, 0.2) is 18.7 Å². The van der Waals surface area contributed by atoms with Crippen LogP contribution < -0.4 is 4.57 Å². The maximum absolute atomic E-state index is 12.0. The van der Waals surface area contributed by atoms with E-state index >= 15 is 0 Å². The molecule has 0 N–H and O–H groups in total. The number of unbranched alkanes of at least 4 members (excludes halogenated alkanes) is 1. The van der Waals surface area contributed by atoms with Gasteiger partial charge in [0.25, 0.3) is 0 Å². The number of rotatable bonds is 3. The molecule has 0 spiro atoms. The highest BCUT2D eigenvalue weighted by Crippen LogP contribution is 1.96. The van der Waals surface area contributed by atoms with E-state index in [1.807, 2.05) is 7.05 Å². The van der Waals surface area contributed by atoms with Gasteiger partial charge in [-0.2, -0.15) is 0 Å². The topological polar surface area (TPSA) is 80.2 Å². The summed E-state index contributed by atoms with van der Waals surface area (Å²) in [5, 5.41) is 23.2. The predicted octanol–water partition coefficient (Wildman–Crippen LogP) is 1.20. The molecule has 0 saturated carbocycles. The summed E-state index contributed by atoms with van der Waals surface area (Å²) in [5.74, 6) is 2.85. The van der Waals surface area contributed by atoms with Gasteiger partial charge in [0.15, 0.2) is 0 Å². The van der Waals surface area contributed by atoms with Crippen molar-refractivity contribution in [2.45, 2.75) is 26.3 Å². The van der Waals surface area contributed by atoms with Crippen molar-refractivity contribution in [1.82, 2.24) is 4.57 Å². The van der Waals surface area contributed by atoms with E-state index in [1.54, 1.807) is 0 Å². The third kappa shape index (κ3) is 5.68. The number of imidazole rings is 1.